The SMILES string of the molecule is C1CCC(N(C2CCC(C3CCCC4C5CCC6OC7CCCCC7C6C5OC34)CC2)C2CCCC3CCCCC32)CC1. The van der Waals surface area contributed by atoms with Gasteiger partial charge in [0.25, 0.3) is 0 Å². The van der Waals surface area contributed by atoms with Gasteiger partial charge in [-0.25, -0.2) is 0 Å². The highest BCUT2D eigenvalue weighted by Gasteiger charge is 2.60. The number of ether oxygens (including phenoxy) is 2. The Hall–Kier alpha value is -0.120. The Kier molecular flexibility index (Phi) is 8.43. The van der Waals surface area contributed by atoms with E-state index in [2.05, 4.69) is 4.90 Å². The Labute approximate surface area is 264 Å². The van der Waals surface area contributed by atoms with E-state index in [0.29, 0.717) is 24.4 Å². The highest BCUT2D eigenvalue weighted by Crippen LogP contribution is 2.58. The van der Waals surface area contributed by atoms with E-state index in [1.165, 1.54) is 141 Å². The van der Waals surface area contributed by atoms with Crippen LogP contribution in [0.25, 0.3) is 0 Å². The van der Waals surface area contributed by atoms with Crippen LogP contribution in [0.4, 0.5) is 0 Å². The molecule has 9 aliphatic rings. The topological polar surface area (TPSA) is 21.7 Å². The van der Waals surface area contributed by atoms with Crippen molar-refractivity contribution in [3.05, 3.63) is 0 Å². The summed E-state index contributed by atoms with van der Waals surface area (Å²) < 4.78 is 14.2. The minimum atomic E-state index is 0.526. The van der Waals surface area contributed by atoms with E-state index in [0.717, 1.165) is 65.5 Å². The Balaban J connectivity index is 0.896. The van der Waals surface area contributed by atoms with Gasteiger partial charge in [-0.05, 0) is 131 Å². The van der Waals surface area contributed by atoms with Gasteiger partial charge in [0.2, 0.25) is 0 Å². The van der Waals surface area contributed by atoms with Crippen LogP contribution in [0.2, 0.25) is 0 Å². The molecule has 0 aromatic rings. The molecule has 2 heterocycles. The number of rotatable bonds is 4. The normalized spacial score (nSPS) is 52.1. The van der Waals surface area contributed by atoms with E-state index in [1.54, 1.807) is 19.3 Å². The Morgan fingerprint density at radius 1 is 0.349 bits per heavy atom. The largest absolute Gasteiger partial charge is 0.374 e. The van der Waals surface area contributed by atoms with Crippen molar-refractivity contribution in [1.29, 1.82) is 0 Å². The maximum atomic E-state index is 7.43. The summed E-state index contributed by atoms with van der Waals surface area (Å²) in [7, 11) is 0. The van der Waals surface area contributed by atoms with Crippen molar-refractivity contribution in [1.82, 2.24) is 4.90 Å². The van der Waals surface area contributed by atoms with Crippen LogP contribution in [-0.4, -0.2) is 47.4 Å². The average molecular weight is 592 g/mol. The molecule has 0 aromatic carbocycles. The lowest BCUT2D eigenvalue weighted by atomic mass is 9.62. The number of nitrogens with zero attached hydrogens (tertiary/aromatic N) is 1. The van der Waals surface area contributed by atoms with E-state index in [1.807, 2.05) is 0 Å². The van der Waals surface area contributed by atoms with Gasteiger partial charge in [0.05, 0.1) is 24.4 Å². The first-order chi connectivity index (χ1) is 21.3. The van der Waals surface area contributed by atoms with Crippen LogP contribution in [0.5, 0.6) is 0 Å². The highest BCUT2D eigenvalue weighted by molar-refractivity contribution is 5.08. The molecule has 9 rings (SSSR count). The maximum absolute atomic E-state index is 7.43. The third-order valence-corrected chi connectivity index (χ3v) is 16.1. The fourth-order valence-electron chi connectivity index (χ4n) is 14.4. The summed E-state index contributed by atoms with van der Waals surface area (Å²) >= 11 is 0. The predicted molar refractivity (Wildman–Crippen MR) is 174 cm³/mol. The van der Waals surface area contributed by atoms with Gasteiger partial charge in [-0.3, -0.25) is 4.90 Å². The van der Waals surface area contributed by atoms with Crippen LogP contribution in [0.3, 0.4) is 0 Å². The van der Waals surface area contributed by atoms with Crippen LogP contribution in [0.15, 0.2) is 0 Å². The first-order valence-electron chi connectivity index (χ1n) is 20.4. The van der Waals surface area contributed by atoms with Gasteiger partial charge >= 0.3 is 0 Å². The van der Waals surface area contributed by atoms with Gasteiger partial charge in [-0.1, -0.05) is 70.6 Å². The van der Waals surface area contributed by atoms with Crippen LogP contribution < -0.4 is 0 Å². The quantitative estimate of drug-likeness (QED) is 0.325. The van der Waals surface area contributed by atoms with Crippen molar-refractivity contribution in [3.8, 4) is 0 Å². The maximum Gasteiger partial charge on any atom is 0.0667 e. The first kappa shape index (κ1) is 29.1. The molecule has 12 atom stereocenters. The molecule has 7 saturated carbocycles. The van der Waals surface area contributed by atoms with Crippen molar-refractivity contribution < 1.29 is 9.47 Å². The Morgan fingerprint density at radius 2 is 0.977 bits per heavy atom. The van der Waals surface area contributed by atoms with Gasteiger partial charge in [0.15, 0.2) is 0 Å². The van der Waals surface area contributed by atoms with Crippen molar-refractivity contribution in [2.45, 2.75) is 203 Å². The molecule has 0 bridgehead atoms. The minimum absolute atomic E-state index is 0.526. The third-order valence-electron chi connectivity index (χ3n) is 16.1. The van der Waals surface area contributed by atoms with Crippen molar-refractivity contribution in [2.75, 3.05) is 0 Å². The lowest BCUT2D eigenvalue weighted by Gasteiger charge is -2.54. The Morgan fingerprint density at radius 3 is 1.86 bits per heavy atom. The number of hydrogen-bond acceptors (Lipinski definition) is 3. The third kappa shape index (κ3) is 5.23. The zero-order valence-corrected chi connectivity index (χ0v) is 27.6. The van der Waals surface area contributed by atoms with Gasteiger partial charge < -0.3 is 9.47 Å². The molecule has 0 aromatic heterocycles. The molecule has 9 fully saturated rings. The number of fused-ring (bicyclic) bond motifs is 8. The molecule has 43 heavy (non-hydrogen) atoms. The van der Waals surface area contributed by atoms with Gasteiger partial charge in [0.1, 0.15) is 0 Å². The smallest absolute Gasteiger partial charge is 0.0667 e. The molecular weight excluding hydrogens is 526 g/mol. The standard InChI is InChI=1S/C40H65NO2/c1-2-12-28(13-3-1)41(35-18-8-11-26-10-4-5-14-30(26)35)29-22-20-27(21-23-29)31-16-9-17-32-33-24-25-37-38(40(33)43-39(31)32)34-15-6-7-19-36(34)42-37/h26-40H,1-25H2. The molecule has 2 aliphatic heterocycles. The number of hydrogen-bond donors (Lipinski definition) is 0. The Bertz CT molecular complexity index is 937. The monoisotopic (exact) mass is 592 g/mol. The molecule has 0 spiro atoms. The van der Waals surface area contributed by atoms with E-state index >= 15 is 0 Å². The fraction of sp³-hybridized carbons (Fsp3) is 1.00. The summed E-state index contributed by atoms with van der Waals surface area (Å²) in [4.78, 5) is 3.29. The molecule has 0 radical (unpaired) electrons. The van der Waals surface area contributed by atoms with Crippen molar-refractivity contribution >= 4 is 0 Å². The molecule has 3 nitrogen and oxygen atoms in total. The molecule has 242 valence electrons. The van der Waals surface area contributed by atoms with Crippen molar-refractivity contribution in [3.63, 3.8) is 0 Å². The summed E-state index contributed by atoms with van der Waals surface area (Å²) in [6.07, 6.45) is 39.1. The van der Waals surface area contributed by atoms with E-state index in [-0.39, 0.29) is 0 Å². The zero-order valence-electron chi connectivity index (χ0n) is 27.6. The van der Waals surface area contributed by atoms with Crippen LogP contribution in [0.1, 0.15) is 161 Å². The van der Waals surface area contributed by atoms with Gasteiger partial charge in [-0.15, -0.1) is 0 Å². The molecule has 7 aliphatic carbocycles. The lowest BCUT2D eigenvalue weighted by Crippen LogP contribution is -2.56. The van der Waals surface area contributed by atoms with Gasteiger partial charge in [0, 0.05) is 24.0 Å². The second-order valence-corrected chi connectivity index (χ2v) is 17.8. The van der Waals surface area contributed by atoms with Crippen LogP contribution in [0, 0.1) is 47.3 Å². The summed E-state index contributed by atoms with van der Waals surface area (Å²) in [5.74, 6) is 7.15. The van der Waals surface area contributed by atoms with Crippen molar-refractivity contribution in [2.24, 2.45) is 47.3 Å². The van der Waals surface area contributed by atoms with E-state index in [4.69, 9.17) is 9.47 Å². The van der Waals surface area contributed by atoms with Crippen LogP contribution >= 0.6 is 0 Å². The van der Waals surface area contributed by atoms with E-state index in [9.17, 15) is 0 Å². The molecule has 0 amide bonds. The summed E-state index contributed by atoms with van der Waals surface area (Å²) in [6, 6.07) is 2.72. The van der Waals surface area contributed by atoms with Crippen LogP contribution in [-0.2, 0) is 9.47 Å². The summed E-state index contributed by atoms with van der Waals surface area (Å²) in [5, 5.41) is 0. The zero-order chi connectivity index (χ0) is 28.3. The molecule has 12 unspecified atom stereocenters. The molecule has 3 heteroatoms. The summed E-state index contributed by atoms with van der Waals surface area (Å²) in [6.45, 7) is 0. The summed E-state index contributed by atoms with van der Waals surface area (Å²) in [5.41, 5.74) is 0. The lowest BCUT2D eigenvalue weighted by molar-refractivity contribution is -0.0891. The molecule has 0 N–H and O–H groups in total. The molecular formula is C40H65NO2. The average Bonchev–Trinajstić information content (AvgIpc) is 3.64. The predicted octanol–water partition coefficient (Wildman–Crippen LogP) is 9.71. The minimum Gasteiger partial charge on any atom is -0.374 e. The van der Waals surface area contributed by atoms with E-state index < -0.39 is 0 Å². The first-order valence-corrected chi connectivity index (χ1v) is 20.4. The fourth-order valence-corrected chi connectivity index (χ4v) is 14.4. The molecule has 2 saturated heterocycles. The second-order valence-electron chi connectivity index (χ2n) is 17.8. The highest BCUT2D eigenvalue weighted by atomic mass is 16.5. The van der Waals surface area contributed by atoms with Gasteiger partial charge in [-0.2, -0.15) is 0 Å². The second kappa shape index (κ2) is 12.5.